The fraction of sp³-hybridized carbons (Fsp3) is 0. The molecule has 10 aromatic rings. The standard InChI is InChI=1S/C45H27N3O/c1-2-13-33-27-41-39(26-32(33)12-1)42-36(18-9-21-40(42)49-41)30-22-24-31(25-23-30)43-46-44(37-19-7-14-28-10-3-5-16-34(28)37)48-45(47-43)38-20-8-15-29-11-4-6-17-35(29)38/h1-27H. The van der Waals surface area contributed by atoms with Crippen molar-refractivity contribution in [2.75, 3.05) is 0 Å². The molecule has 49 heavy (non-hydrogen) atoms. The second-order valence-corrected chi connectivity index (χ2v) is 12.4. The lowest BCUT2D eigenvalue weighted by molar-refractivity contribution is 0.669. The van der Waals surface area contributed by atoms with E-state index in [4.69, 9.17) is 19.4 Å². The molecular weight excluding hydrogens is 599 g/mol. The van der Waals surface area contributed by atoms with E-state index >= 15 is 0 Å². The van der Waals surface area contributed by atoms with Gasteiger partial charge in [0.2, 0.25) is 0 Å². The van der Waals surface area contributed by atoms with Crippen LogP contribution in [0.4, 0.5) is 0 Å². The quantitative estimate of drug-likeness (QED) is 0.195. The van der Waals surface area contributed by atoms with Gasteiger partial charge in [0, 0.05) is 27.5 Å². The van der Waals surface area contributed by atoms with Crippen LogP contribution in [0.2, 0.25) is 0 Å². The molecule has 0 aliphatic heterocycles. The first-order chi connectivity index (χ1) is 24.3. The van der Waals surface area contributed by atoms with Gasteiger partial charge in [0.05, 0.1) is 0 Å². The maximum atomic E-state index is 6.36. The average Bonchev–Trinajstić information content (AvgIpc) is 3.54. The third-order valence-electron chi connectivity index (χ3n) is 9.51. The Bertz CT molecular complexity index is 2780. The minimum atomic E-state index is 0.630. The highest BCUT2D eigenvalue weighted by atomic mass is 16.3. The summed E-state index contributed by atoms with van der Waals surface area (Å²) in [6.07, 6.45) is 0. The van der Waals surface area contributed by atoms with E-state index in [1.54, 1.807) is 0 Å². The van der Waals surface area contributed by atoms with Crippen molar-refractivity contribution in [3.8, 4) is 45.3 Å². The van der Waals surface area contributed by atoms with E-state index in [0.29, 0.717) is 17.5 Å². The number of hydrogen-bond acceptors (Lipinski definition) is 4. The molecule has 0 amide bonds. The summed E-state index contributed by atoms with van der Waals surface area (Å²) in [5.41, 5.74) is 6.87. The van der Waals surface area contributed by atoms with Gasteiger partial charge in [0.1, 0.15) is 11.2 Å². The van der Waals surface area contributed by atoms with E-state index in [0.717, 1.165) is 71.3 Å². The summed E-state index contributed by atoms with van der Waals surface area (Å²) in [5.74, 6) is 1.93. The summed E-state index contributed by atoms with van der Waals surface area (Å²) < 4.78 is 6.36. The first kappa shape index (κ1) is 27.5. The highest BCUT2D eigenvalue weighted by molar-refractivity contribution is 6.15. The third kappa shape index (κ3) is 4.57. The molecule has 4 nitrogen and oxygen atoms in total. The van der Waals surface area contributed by atoms with Gasteiger partial charge in [-0.3, -0.25) is 0 Å². The van der Waals surface area contributed by atoms with Gasteiger partial charge in [-0.25, -0.2) is 15.0 Å². The molecular formula is C45H27N3O. The molecule has 0 unspecified atom stereocenters. The minimum Gasteiger partial charge on any atom is -0.456 e. The molecule has 0 fully saturated rings. The zero-order valence-electron chi connectivity index (χ0n) is 26.3. The van der Waals surface area contributed by atoms with Gasteiger partial charge in [-0.05, 0) is 61.6 Å². The van der Waals surface area contributed by atoms with E-state index < -0.39 is 0 Å². The molecule has 0 spiro atoms. The first-order valence-corrected chi connectivity index (χ1v) is 16.4. The summed E-state index contributed by atoms with van der Waals surface area (Å²) >= 11 is 0. The third-order valence-corrected chi connectivity index (χ3v) is 9.51. The van der Waals surface area contributed by atoms with Crippen LogP contribution in [-0.2, 0) is 0 Å². The van der Waals surface area contributed by atoms with Crippen molar-refractivity contribution in [2.45, 2.75) is 0 Å². The summed E-state index contributed by atoms with van der Waals surface area (Å²) in [5, 5.41) is 9.10. The van der Waals surface area contributed by atoms with Crippen LogP contribution in [0.5, 0.6) is 0 Å². The number of hydrogen-bond donors (Lipinski definition) is 0. The zero-order valence-corrected chi connectivity index (χ0v) is 26.3. The first-order valence-electron chi connectivity index (χ1n) is 16.4. The predicted octanol–water partition coefficient (Wildman–Crippen LogP) is 11.9. The zero-order chi connectivity index (χ0) is 32.3. The smallest absolute Gasteiger partial charge is 0.164 e. The molecule has 0 atom stereocenters. The molecule has 4 heteroatoms. The molecule has 8 aromatic carbocycles. The number of fused-ring (bicyclic) bond motifs is 6. The number of rotatable bonds is 4. The number of furan rings is 1. The van der Waals surface area contributed by atoms with Gasteiger partial charge in [-0.15, -0.1) is 0 Å². The van der Waals surface area contributed by atoms with E-state index in [1.165, 1.54) is 10.8 Å². The van der Waals surface area contributed by atoms with Gasteiger partial charge in [-0.2, -0.15) is 0 Å². The van der Waals surface area contributed by atoms with Crippen molar-refractivity contribution < 1.29 is 4.42 Å². The topological polar surface area (TPSA) is 51.8 Å². The van der Waals surface area contributed by atoms with Gasteiger partial charge in [-0.1, -0.05) is 146 Å². The van der Waals surface area contributed by atoms with Crippen LogP contribution >= 0.6 is 0 Å². The molecule has 228 valence electrons. The Morgan fingerprint density at radius 2 is 0.816 bits per heavy atom. The van der Waals surface area contributed by atoms with Crippen LogP contribution < -0.4 is 0 Å². The Morgan fingerprint density at radius 1 is 0.327 bits per heavy atom. The lowest BCUT2D eigenvalue weighted by Gasteiger charge is -2.12. The minimum absolute atomic E-state index is 0.630. The second-order valence-electron chi connectivity index (χ2n) is 12.4. The van der Waals surface area contributed by atoms with Gasteiger partial charge >= 0.3 is 0 Å². The fourth-order valence-corrected chi connectivity index (χ4v) is 7.14. The van der Waals surface area contributed by atoms with Crippen molar-refractivity contribution in [3.63, 3.8) is 0 Å². The molecule has 0 aliphatic rings. The number of aromatic nitrogens is 3. The van der Waals surface area contributed by atoms with Crippen molar-refractivity contribution in [1.82, 2.24) is 15.0 Å². The summed E-state index contributed by atoms with van der Waals surface area (Å²) in [4.78, 5) is 15.3. The lowest BCUT2D eigenvalue weighted by Crippen LogP contribution is -2.01. The normalized spacial score (nSPS) is 11.7. The Morgan fingerprint density at radius 3 is 1.47 bits per heavy atom. The van der Waals surface area contributed by atoms with E-state index in [1.807, 2.05) is 6.07 Å². The van der Waals surface area contributed by atoms with Gasteiger partial charge in [0.25, 0.3) is 0 Å². The molecule has 0 radical (unpaired) electrons. The summed E-state index contributed by atoms with van der Waals surface area (Å²) in [6, 6.07) is 56.9. The average molecular weight is 626 g/mol. The van der Waals surface area contributed by atoms with Gasteiger partial charge in [0.15, 0.2) is 17.5 Å². The lowest BCUT2D eigenvalue weighted by atomic mass is 9.97. The fourth-order valence-electron chi connectivity index (χ4n) is 7.14. The van der Waals surface area contributed by atoms with Crippen molar-refractivity contribution in [2.24, 2.45) is 0 Å². The molecule has 0 N–H and O–H groups in total. The van der Waals surface area contributed by atoms with Crippen LogP contribution in [-0.4, -0.2) is 15.0 Å². The van der Waals surface area contributed by atoms with Crippen LogP contribution in [0.1, 0.15) is 0 Å². The molecule has 0 bridgehead atoms. The second kappa shape index (κ2) is 11.0. The maximum absolute atomic E-state index is 6.36. The highest BCUT2D eigenvalue weighted by Crippen LogP contribution is 2.39. The number of benzene rings is 8. The summed E-state index contributed by atoms with van der Waals surface area (Å²) in [7, 11) is 0. The summed E-state index contributed by atoms with van der Waals surface area (Å²) in [6.45, 7) is 0. The van der Waals surface area contributed by atoms with Crippen LogP contribution in [0.3, 0.4) is 0 Å². The molecule has 2 aromatic heterocycles. The number of nitrogens with zero attached hydrogens (tertiary/aromatic N) is 3. The van der Waals surface area contributed by atoms with E-state index in [9.17, 15) is 0 Å². The molecule has 0 aliphatic carbocycles. The monoisotopic (exact) mass is 625 g/mol. The van der Waals surface area contributed by atoms with Crippen LogP contribution in [0, 0.1) is 0 Å². The Hall–Kier alpha value is -6.65. The molecule has 2 heterocycles. The van der Waals surface area contributed by atoms with Crippen LogP contribution in [0.15, 0.2) is 168 Å². The molecule has 0 saturated carbocycles. The Labute approximate surface area is 282 Å². The highest BCUT2D eigenvalue weighted by Gasteiger charge is 2.17. The van der Waals surface area contributed by atoms with E-state index in [-0.39, 0.29) is 0 Å². The Kier molecular flexibility index (Phi) is 6.15. The molecule has 0 saturated heterocycles. The van der Waals surface area contributed by atoms with Gasteiger partial charge < -0.3 is 4.42 Å². The SMILES string of the molecule is c1ccc2cc3c(cc2c1)oc1cccc(-c2ccc(-c4nc(-c5cccc6ccccc56)nc(-c5cccc6ccccc56)n4)cc2)c13. The predicted molar refractivity (Wildman–Crippen MR) is 201 cm³/mol. The maximum Gasteiger partial charge on any atom is 0.164 e. The van der Waals surface area contributed by atoms with Crippen LogP contribution in [0.25, 0.3) is 99.5 Å². The Balaban J connectivity index is 1.14. The van der Waals surface area contributed by atoms with Crippen molar-refractivity contribution in [3.05, 3.63) is 164 Å². The largest absolute Gasteiger partial charge is 0.456 e. The van der Waals surface area contributed by atoms with Crippen molar-refractivity contribution >= 4 is 54.3 Å². The van der Waals surface area contributed by atoms with Crippen molar-refractivity contribution in [1.29, 1.82) is 0 Å². The van der Waals surface area contributed by atoms with E-state index in [2.05, 4.69) is 158 Å². The molecule has 10 rings (SSSR count).